The molecule has 0 heterocycles. The third kappa shape index (κ3) is 11.7. The molecule has 0 amide bonds. The van der Waals surface area contributed by atoms with Crippen LogP contribution >= 0.6 is 12.0 Å². The first-order valence-corrected chi connectivity index (χ1v) is 6.62. The number of rotatable bonds is 10. The summed E-state index contributed by atoms with van der Waals surface area (Å²) in [5.74, 6) is 0.200. The summed E-state index contributed by atoms with van der Waals surface area (Å²) in [6.07, 6.45) is 5.96. The van der Waals surface area contributed by atoms with Gasteiger partial charge in [-0.15, -0.1) is 0 Å². The summed E-state index contributed by atoms with van der Waals surface area (Å²) in [7, 11) is 0. The van der Waals surface area contributed by atoms with Gasteiger partial charge < -0.3 is 8.92 Å². The first kappa shape index (κ1) is 14.8. The molecule has 0 radical (unpaired) electrons. The molecule has 0 aliphatic carbocycles. The number of ether oxygens (including phenoxy) is 1. The van der Waals surface area contributed by atoms with E-state index in [1.54, 1.807) is 0 Å². The van der Waals surface area contributed by atoms with Gasteiger partial charge in [-0.05, 0) is 12.8 Å². The molecule has 4 heteroatoms. The number of esters is 1. The van der Waals surface area contributed by atoms with Crippen LogP contribution in [-0.2, 0) is 13.7 Å². The molecular formula is C11H22O3S. The first-order chi connectivity index (χ1) is 7.31. The van der Waals surface area contributed by atoms with Crippen LogP contribution in [0.15, 0.2) is 0 Å². The van der Waals surface area contributed by atoms with Crippen LogP contribution in [0.3, 0.4) is 0 Å². The highest BCUT2D eigenvalue weighted by Crippen LogP contribution is 2.07. The zero-order valence-electron chi connectivity index (χ0n) is 9.79. The van der Waals surface area contributed by atoms with Gasteiger partial charge in [-0.25, -0.2) is 0 Å². The third-order valence-corrected chi connectivity index (χ3v) is 2.42. The standard InChI is InChI=1S/C11H22O3S/c1-3-5-6-7-8-11(12)13-10-15-14-9-4-2/h3-10H2,1-2H3. The highest BCUT2D eigenvalue weighted by molar-refractivity contribution is 7.94. The van der Waals surface area contributed by atoms with Crippen LogP contribution in [0.5, 0.6) is 0 Å². The highest BCUT2D eigenvalue weighted by Gasteiger charge is 2.02. The van der Waals surface area contributed by atoms with Gasteiger partial charge in [0, 0.05) is 18.5 Å². The van der Waals surface area contributed by atoms with Gasteiger partial charge in [0.05, 0.1) is 6.61 Å². The summed E-state index contributed by atoms with van der Waals surface area (Å²) in [5.41, 5.74) is 0. The normalized spacial score (nSPS) is 10.3. The lowest BCUT2D eigenvalue weighted by molar-refractivity contribution is -0.141. The van der Waals surface area contributed by atoms with Crippen LogP contribution in [0.2, 0.25) is 0 Å². The van der Waals surface area contributed by atoms with Crippen molar-refractivity contribution in [2.24, 2.45) is 0 Å². The Balaban J connectivity index is 3.11. The smallest absolute Gasteiger partial charge is 0.306 e. The molecule has 0 spiro atoms. The molecule has 0 aromatic carbocycles. The molecule has 15 heavy (non-hydrogen) atoms. The minimum atomic E-state index is -0.112. The van der Waals surface area contributed by atoms with Crippen molar-refractivity contribution in [3.8, 4) is 0 Å². The number of carbonyl (C=O) groups is 1. The van der Waals surface area contributed by atoms with Crippen LogP contribution in [0.1, 0.15) is 52.4 Å². The van der Waals surface area contributed by atoms with E-state index in [1.807, 2.05) is 6.92 Å². The molecule has 0 rings (SSSR count). The summed E-state index contributed by atoms with van der Waals surface area (Å²) < 4.78 is 10.1. The van der Waals surface area contributed by atoms with Crippen LogP contribution in [-0.4, -0.2) is 18.5 Å². The van der Waals surface area contributed by atoms with Crippen molar-refractivity contribution >= 4 is 18.0 Å². The van der Waals surface area contributed by atoms with Gasteiger partial charge in [0.1, 0.15) is 0 Å². The van der Waals surface area contributed by atoms with Crippen molar-refractivity contribution in [2.75, 3.05) is 12.5 Å². The van der Waals surface area contributed by atoms with E-state index in [1.165, 1.54) is 24.9 Å². The number of carbonyl (C=O) groups excluding carboxylic acids is 1. The van der Waals surface area contributed by atoms with E-state index in [4.69, 9.17) is 8.92 Å². The molecule has 0 aromatic heterocycles. The largest absolute Gasteiger partial charge is 0.452 e. The van der Waals surface area contributed by atoms with Gasteiger partial charge in [-0.3, -0.25) is 4.79 Å². The van der Waals surface area contributed by atoms with E-state index >= 15 is 0 Å². The molecule has 0 unspecified atom stereocenters. The molecule has 0 aromatic rings. The second-order valence-electron chi connectivity index (χ2n) is 3.38. The summed E-state index contributed by atoms with van der Waals surface area (Å²) in [4.78, 5) is 11.1. The second-order valence-corrected chi connectivity index (χ2v) is 4.09. The quantitative estimate of drug-likeness (QED) is 0.251. The van der Waals surface area contributed by atoms with Gasteiger partial charge in [-0.1, -0.05) is 33.1 Å². The van der Waals surface area contributed by atoms with Crippen LogP contribution in [0.4, 0.5) is 0 Å². The minimum Gasteiger partial charge on any atom is -0.452 e. The third-order valence-electron chi connectivity index (χ3n) is 1.87. The van der Waals surface area contributed by atoms with E-state index in [2.05, 4.69) is 6.92 Å². The van der Waals surface area contributed by atoms with E-state index in [9.17, 15) is 4.79 Å². The lowest BCUT2D eigenvalue weighted by Gasteiger charge is -2.03. The summed E-state index contributed by atoms with van der Waals surface area (Å²) >= 11 is 1.21. The zero-order chi connectivity index (χ0) is 11.4. The Morgan fingerprint density at radius 1 is 1.13 bits per heavy atom. The van der Waals surface area contributed by atoms with Gasteiger partial charge in [0.2, 0.25) is 0 Å². The fourth-order valence-corrected chi connectivity index (χ4v) is 1.57. The molecule has 0 saturated heterocycles. The van der Waals surface area contributed by atoms with E-state index in [0.29, 0.717) is 19.0 Å². The molecule has 0 N–H and O–H groups in total. The maximum absolute atomic E-state index is 11.1. The molecule has 0 atom stereocenters. The fraction of sp³-hybridized carbons (Fsp3) is 0.909. The minimum absolute atomic E-state index is 0.112. The first-order valence-electron chi connectivity index (χ1n) is 5.71. The predicted molar refractivity (Wildman–Crippen MR) is 63.6 cm³/mol. The van der Waals surface area contributed by atoms with Crippen molar-refractivity contribution < 1.29 is 13.7 Å². The Morgan fingerprint density at radius 3 is 2.60 bits per heavy atom. The van der Waals surface area contributed by atoms with Gasteiger partial charge in [0.25, 0.3) is 0 Å². The van der Waals surface area contributed by atoms with Crippen LogP contribution in [0.25, 0.3) is 0 Å². The van der Waals surface area contributed by atoms with Crippen molar-refractivity contribution in [1.82, 2.24) is 0 Å². The van der Waals surface area contributed by atoms with Crippen molar-refractivity contribution in [3.63, 3.8) is 0 Å². The SMILES string of the molecule is CCCCCCC(=O)OCSOCCC. The number of hydrogen-bond acceptors (Lipinski definition) is 4. The molecule has 3 nitrogen and oxygen atoms in total. The highest BCUT2D eigenvalue weighted by atomic mass is 32.2. The monoisotopic (exact) mass is 234 g/mol. The Bertz CT molecular complexity index is 151. The number of unbranched alkanes of at least 4 members (excludes halogenated alkanes) is 3. The van der Waals surface area contributed by atoms with Gasteiger partial charge >= 0.3 is 5.97 Å². The van der Waals surface area contributed by atoms with Crippen molar-refractivity contribution in [1.29, 1.82) is 0 Å². The van der Waals surface area contributed by atoms with Crippen LogP contribution < -0.4 is 0 Å². The topological polar surface area (TPSA) is 35.5 Å². The van der Waals surface area contributed by atoms with Crippen LogP contribution in [0, 0.1) is 0 Å². The zero-order valence-corrected chi connectivity index (χ0v) is 10.6. The van der Waals surface area contributed by atoms with E-state index in [-0.39, 0.29) is 5.97 Å². The molecule has 0 aliphatic heterocycles. The molecule has 0 saturated carbocycles. The van der Waals surface area contributed by atoms with Gasteiger partial charge in [0.15, 0.2) is 5.94 Å². The molecule has 0 fully saturated rings. The average molecular weight is 234 g/mol. The summed E-state index contributed by atoms with van der Waals surface area (Å²) in [6, 6.07) is 0. The van der Waals surface area contributed by atoms with Crippen molar-refractivity contribution in [2.45, 2.75) is 52.4 Å². The molecule has 0 aliphatic rings. The lowest BCUT2D eigenvalue weighted by Crippen LogP contribution is -2.04. The summed E-state index contributed by atoms with van der Waals surface area (Å²) in [5, 5.41) is 0. The Hall–Kier alpha value is -0.220. The second kappa shape index (κ2) is 11.9. The Morgan fingerprint density at radius 2 is 1.93 bits per heavy atom. The fourth-order valence-electron chi connectivity index (χ4n) is 1.03. The predicted octanol–water partition coefficient (Wildman–Crippen LogP) is 3.53. The van der Waals surface area contributed by atoms with Crippen molar-refractivity contribution in [3.05, 3.63) is 0 Å². The Labute approximate surface area is 97.1 Å². The van der Waals surface area contributed by atoms with E-state index in [0.717, 1.165) is 19.3 Å². The molecule has 0 bridgehead atoms. The number of hydrogen-bond donors (Lipinski definition) is 0. The maximum atomic E-state index is 11.1. The Kier molecular flexibility index (Phi) is 11.7. The summed E-state index contributed by atoms with van der Waals surface area (Å²) in [6.45, 7) is 4.90. The van der Waals surface area contributed by atoms with E-state index < -0.39 is 0 Å². The maximum Gasteiger partial charge on any atom is 0.306 e. The average Bonchev–Trinajstić information content (AvgIpc) is 2.24. The van der Waals surface area contributed by atoms with Gasteiger partial charge in [-0.2, -0.15) is 0 Å². The lowest BCUT2D eigenvalue weighted by atomic mass is 10.2. The molecule has 90 valence electrons. The molecular weight excluding hydrogens is 212 g/mol.